The van der Waals surface area contributed by atoms with Crippen LogP contribution in [0.25, 0.3) is 0 Å². The summed E-state index contributed by atoms with van der Waals surface area (Å²) in [6.45, 7) is 5.62. The second-order valence-corrected chi connectivity index (χ2v) is 11.2. The first-order valence-corrected chi connectivity index (χ1v) is 13.1. The number of benzene rings is 2. The van der Waals surface area contributed by atoms with Crippen molar-refractivity contribution in [2.24, 2.45) is 11.8 Å². The molecule has 1 fully saturated rings. The topological polar surface area (TPSA) is 95.6 Å². The van der Waals surface area contributed by atoms with E-state index in [1.54, 1.807) is 38.1 Å². The molecule has 0 aromatic heterocycles. The molecule has 36 heavy (non-hydrogen) atoms. The van der Waals surface area contributed by atoms with E-state index in [1.807, 2.05) is 6.92 Å². The van der Waals surface area contributed by atoms with Gasteiger partial charge in [-0.1, -0.05) is 37.6 Å². The summed E-state index contributed by atoms with van der Waals surface area (Å²) >= 11 is 0. The summed E-state index contributed by atoms with van der Waals surface area (Å²) in [5.41, 5.74) is 0.0308. The number of nitrogens with one attached hydrogen (secondary N) is 2. The fourth-order valence-electron chi connectivity index (χ4n) is 4.02. The Bertz CT molecular complexity index is 1190. The highest BCUT2D eigenvalue weighted by Crippen LogP contribution is 2.31. The van der Waals surface area contributed by atoms with Crippen molar-refractivity contribution in [3.05, 3.63) is 59.7 Å². The van der Waals surface area contributed by atoms with E-state index in [-0.39, 0.29) is 48.3 Å². The molecule has 0 spiro atoms. The molecule has 1 unspecified atom stereocenters. The number of hydrogen-bond donors (Lipinski definition) is 2. The van der Waals surface area contributed by atoms with Crippen LogP contribution in [0.15, 0.2) is 53.4 Å². The number of carbonyl (C=O) groups excluding carboxylic acids is 2. The summed E-state index contributed by atoms with van der Waals surface area (Å²) in [6.07, 6.45) is -3.97. The van der Waals surface area contributed by atoms with E-state index in [0.29, 0.717) is 0 Å². The van der Waals surface area contributed by atoms with Crippen LogP contribution in [0.2, 0.25) is 0 Å². The van der Waals surface area contributed by atoms with E-state index in [0.717, 1.165) is 17.7 Å². The standard InChI is InChI=1S/C25H30F3N3O4S/c1-16(2)22(24(33)29-20-6-4-5-19(15-20)25(26,27)28)30-23(32)18-11-13-31(14-12-18)36(34,35)21-9-7-17(3)8-10-21/h4-10,15-16,18,22H,11-14H2,1-3H3,(H,29,33)(H,30,32). The van der Waals surface area contributed by atoms with Crippen LogP contribution < -0.4 is 10.6 Å². The van der Waals surface area contributed by atoms with E-state index in [9.17, 15) is 31.2 Å². The quantitative estimate of drug-likeness (QED) is 0.567. The van der Waals surface area contributed by atoms with E-state index in [2.05, 4.69) is 10.6 Å². The molecule has 1 atom stereocenters. The number of halogens is 3. The Morgan fingerprint density at radius 3 is 2.19 bits per heavy atom. The molecule has 0 aliphatic carbocycles. The maximum Gasteiger partial charge on any atom is 0.416 e. The molecule has 2 N–H and O–H groups in total. The third kappa shape index (κ3) is 6.64. The van der Waals surface area contributed by atoms with Gasteiger partial charge < -0.3 is 10.6 Å². The van der Waals surface area contributed by atoms with Crippen molar-refractivity contribution in [3.63, 3.8) is 0 Å². The van der Waals surface area contributed by atoms with Crippen LogP contribution in [-0.4, -0.2) is 43.7 Å². The highest BCUT2D eigenvalue weighted by molar-refractivity contribution is 7.89. The van der Waals surface area contributed by atoms with Gasteiger partial charge in [0.2, 0.25) is 21.8 Å². The van der Waals surface area contributed by atoms with Gasteiger partial charge in [0.25, 0.3) is 0 Å². The van der Waals surface area contributed by atoms with E-state index in [1.165, 1.54) is 16.4 Å². The summed E-state index contributed by atoms with van der Waals surface area (Å²) in [7, 11) is -3.67. The Labute approximate surface area is 209 Å². The minimum Gasteiger partial charge on any atom is -0.344 e. The molecule has 1 aliphatic heterocycles. The molecule has 1 saturated heterocycles. The number of aryl methyl sites for hydroxylation is 1. The molecule has 196 valence electrons. The maximum absolute atomic E-state index is 13.0. The Morgan fingerprint density at radius 2 is 1.64 bits per heavy atom. The third-order valence-electron chi connectivity index (χ3n) is 6.19. The van der Waals surface area contributed by atoms with Crippen LogP contribution in [0.1, 0.15) is 37.8 Å². The van der Waals surface area contributed by atoms with Crippen LogP contribution in [-0.2, 0) is 25.8 Å². The predicted molar refractivity (Wildman–Crippen MR) is 130 cm³/mol. The number of sulfonamides is 1. The smallest absolute Gasteiger partial charge is 0.344 e. The second-order valence-electron chi connectivity index (χ2n) is 9.29. The molecule has 0 radical (unpaired) electrons. The molecule has 1 heterocycles. The van der Waals surface area contributed by atoms with E-state index >= 15 is 0 Å². The summed E-state index contributed by atoms with van der Waals surface area (Å²) in [6, 6.07) is 9.87. The molecule has 1 aliphatic rings. The Morgan fingerprint density at radius 1 is 1.03 bits per heavy atom. The summed E-state index contributed by atoms with van der Waals surface area (Å²) in [5, 5.41) is 5.15. The summed E-state index contributed by atoms with van der Waals surface area (Å²) in [4.78, 5) is 25.9. The van der Waals surface area contributed by atoms with Crippen molar-refractivity contribution in [2.75, 3.05) is 18.4 Å². The number of rotatable bonds is 7. The zero-order chi connectivity index (χ0) is 26.7. The molecule has 3 rings (SSSR count). The van der Waals surface area contributed by atoms with Gasteiger partial charge in [0.1, 0.15) is 6.04 Å². The fraction of sp³-hybridized carbons (Fsp3) is 0.440. The first kappa shape index (κ1) is 27.7. The van der Waals surface area contributed by atoms with Gasteiger partial charge in [0.05, 0.1) is 10.5 Å². The number of hydrogen-bond acceptors (Lipinski definition) is 4. The maximum atomic E-state index is 13.0. The van der Waals surface area contributed by atoms with Gasteiger partial charge in [0, 0.05) is 24.7 Å². The minimum absolute atomic E-state index is 0.0238. The van der Waals surface area contributed by atoms with Crippen molar-refractivity contribution in [2.45, 2.75) is 50.7 Å². The second kappa shape index (κ2) is 11.0. The molecule has 7 nitrogen and oxygen atoms in total. The van der Waals surface area contributed by atoms with Crippen molar-refractivity contribution in [1.82, 2.24) is 9.62 Å². The van der Waals surface area contributed by atoms with Gasteiger partial charge in [0.15, 0.2) is 0 Å². The van der Waals surface area contributed by atoms with Crippen molar-refractivity contribution in [1.29, 1.82) is 0 Å². The molecule has 11 heteroatoms. The number of anilines is 1. The molecule has 0 saturated carbocycles. The highest BCUT2D eigenvalue weighted by atomic mass is 32.2. The lowest BCUT2D eigenvalue weighted by atomic mass is 9.95. The third-order valence-corrected chi connectivity index (χ3v) is 8.10. The monoisotopic (exact) mass is 525 g/mol. The summed E-state index contributed by atoms with van der Waals surface area (Å²) < 4.78 is 66.1. The number of alkyl halides is 3. The molecular formula is C25H30F3N3O4S. The number of amides is 2. The van der Waals surface area contributed by atoms with E-state index in [4.69, 9.17) is 0 Å². The Balaban J connectivity index is 1.61. The Kier molecular flexibility index (Phi) is 8.45. The Hall–Kier alpha value is -2.92. The van der Waals surface area contributed by atoms with Crippen LogP contribution in [0.4, 0.5) is 18.9 Å². The average molecular weight is 526 g/mol. The zero-order valence-corrected chi connectivity index (χ0v) is 21.1. The van der Waals surface area contributed by atoms with Crippen LogP contribution in [0.5, 0.6) is 0 Å². The van der Waals surface area contributed by atoms with Crippen molar-refractivity contribution in [3.8, 4) is 0 Å². The largest absolute Gasteiger partial charge is 0.416 e. The SMILES string of the molecule is Cc1ccc(S(=O)(=O)N2CCC(C(=O)NC(C(=O)Nc3cccc(C(F)(F)F)c3)C(C)C)CC2)cc1. The highest BCUT2D eigenvalue weighted by Gasteiger charge is 2.35. The lowest BCUT2D eigenvalue weighted by Crippen LogP contribution is -2.50. The molecule has 0 bridgehead atoms. The van der Waals surface area contributed by atoms with Gasteiger partial charge in [-0.3, -0.25) is 9.59 Å². The van der Waals surface area contributed by atoms with E-state index < -0.39 is 39.6 Å². The normalized spacial score (nSPS) is 16.5. The van der Waals surface area contributed by atoms with Gasteiger partial charge in [-0.15, -0.1) is 0 Å². The number of carbonyl (C=O) groups is 2. The van der Waals surface area contributed by atoms with Gasteiger partial charge in [-0.25, -0.2) is 8.42 Å². The molecule has 2 amide bonds. The van der Waals surface area contributed by atoms with Crippen LogP contribution in [0.3, 0.4) is 0 Å². The van der Waals surface area contributed by atoms with Crippen LogP contribution >= 0.6 is 0 Å². The van der Waals surface area contributed by atoms with Crippen LogP contribution in [0, 0.1) is 18.8 Å². The number of piperidine rings is 1. The predicted octanol–water partition coefficient (Wildman–Crippen LogP) is 4.19. The number of nitrogens with zero attached hydrogens (tertiary/aromatic N) is 1. The first-order valence-electron chi connectivity index (χ1n) is 11.6. The molecule has 2 aromatic rings. The zero-order valence-electron chi connectivity index (χ0n) is 20.3. The minimum atomic E-state index is -4.55. The molecular weight excluding hydrogens is 495 g/mol. The van der Waals surface area contributed by atoms with Gasteiger partial charge in [-0.2, -0.15) is 17.5 Å². The first-order chi connectivity index (χ1) is 16.8. The lowest BCUT2D eigenvalue weighted by molar-refractivity contribution is -0.137. The fourth-order valence-corrected chi connectivity index (χ4v) is 5.49. The average Bonchev–Trinajstić information content (AvgIpc) is 2.82. The lowest BCUT2D eigenvalue weighted by Gasteiger charge is -2.32. The van der Waals surface area contributed by atoms with Crippen molar-refractivity contribution < 1.29 is 31.2 Å². The van der Waals surface area contributed by atoms with Gasteiger partial charge in [-0.05, 0) is 56.0 Å². The van der Waals surface area contributed by atoms with Gasteiger partial charge >= 0.3 is 6.18 Å². The molecule has 2 aromatic carbocycles. The summed E-state index contributed by atoms with van der Waals surface area (Å²) in [5.74, 6) is -1.84. The van der Waals surface area contributed by atoms with Crippen molar-refractivity contribution >= 4 is 27.5 Å².